The Morgan fingerprint density at radius 2 is 2.21 bits per heavy atom. The van der Waals surface area contributed by atoms with Gasteiger partial charge in [-0.05, 0) is 18.5 Å². The molecule has 0 spiro atoms. The maximum atomic E-state index is 5.56. The number of ether oxygens (including phenoxy) is 1. The molecular weight excluding hydrogens is 242 g/mol. The Kier molecular flexibility index (Phi) is 4.46. The van der Waals surface area contributed by atoms with Crippen LogP contribution in [0.2, 0.25) is 0 Å². The quantitative estimate of drug-likeness (QED) is 0.858. The van der Waals surface area contributed by atoms with Crippen LogP contribution in [0.4, 0.5) is 0 Å². The molecule has 2 aromatic rings. The fourth-order valence-electron chi connectivity index (χ4n) is 1.58. The van der Waals surface area contributed by atoms with Crippen molar-refractivity contribution in [3.63, 3.8) is 0 Å². The van der Waals surface area contributed by atoms with Crippen LogP contribution in [-0.4, -0.2) is 26.3 Å². The van der Waals surface area contributed by atoms with Gasteiger partial charge in [-0.2, -0.15) is 4.98 Å². The van der Waals surface area contributed by atoms with Crippen LogP contribution in [0.25, 0.3) is 0 Å². The average Bonchev–Trinajstić information content (AvgIpc) is 2.75. The normalized spacial score (nSPS) is 10.9. The topological polar surface area (TPSA) is 64.9 Å². The predicted octanol–water partition coefficient (Wildman–Crippen LogP) is 1.75. The molecule has 0 aromatic carbocycles. The van der Waals surface area contributed by atoms with Crippen LogP contribution in [0.1, 0.15) is 19.5 Å². The first kappa shape index (κ1) is 13.5. The first-order valence-electron chi connectivity index (χ1n) is 6.32. The third-order valence-corrected chi connectivity index (χ3v) is 2.43. The van der Waals surface area contributed by atoms with E-state index in [0.717, 1.165) is 18.8 Å². The van der Waals surface area contributed by atoms with Crippen LogP contribution in [-0.2, 0) is 13.6 Å². The van der Waals surface area contributed by atoms with Gasteiger partial charge in [-0.15, -0.1) is 5.10 Å². The molecule has 2 aromatic heterocycles. The van der Waals surface area contributed by atoms with Crippen LogP contribution >= 0.6 is 0 Å². The molecule has 0 fully saturated rings. The van der Waals surface area contributed by atoms with E-state index >= 15 is 0 Å². The number of nitrogens with zero attached hydrogens (tertiary/aromatic N) is 4. The Labute approximate surface area is 112 Å². The van der Waals surface area contributed by atoms with Gasteiger partial charge in [0.1, 0.15) is 12.1 Å². The lowest BCUT2D eigenvalue weighted by atomic mass is 10.2. The van der Waals surface area contributed by atoms with Gasteiger partial charge < -0.3 is 10.1 Å². The third-order valence-electron chi connectivity index (χ3n) is 2.43. The number of aromatic nitrogens is 4. The van der Waals surface area contributed by atoms with Crippen LogP contribution in [0.3, 0.4) is 0 Å². The Balaban J connectivity index is 1.95. The molecule has 0 radical (unpaired) electrons. The van der Waals surface area contributed by atoms with Gasteiger partial charge in [0.05, 0.1) is 5.69 Å². The summed E-state index contributed by atoms with van der Waals surface area (Å²) in [4.78, 5) is 8.31. The molecule has 0 unspecified atom stereocenters. The second kappa shape index (κ2) is 6.29. The lowest BCUT2D eigenvalue weighted by Crippen LogP contribution is -2.19. The lowest BCUT2D eigenvalue weighted by molar-refractivity contribution is 0.437. The maximum Gasteiger partial charge on any atom is 0.340 e. The van der Waals surface area contributed by atoms with Gasteiger partial charge in [0, 0.05) is 25.9 Å². The summed E-state index contributed by atoms with van der Waals surface area (Å²) < 4.78 is 7.16. The van der Waals surface area contributed by atoms with E-state index in [1.807, 2.05) is 6.07 Å². The molecule has 19 heavy (non-hydrogen) atoms. The number of hydrogen-bond acceptors (Lipinski definition) is 5. The molecule has 0 aliphatic heterocycles. The van der Waals surface area contributed by atoms with Crippen molar-refractivity contribution in [3.8, 4) is 11.8 Å². The molecule has 102 valence electrons. The summed E-state index contributed by atoms with van der Waals surface area (Å²) in [5, 5.41) is 7.41. The first-order chi connectivity index (χ1) is 9.13. The summed E-state index contributed by atoms with van der Waals surface area (Å²) in [6, 6.07) is 4.03. The molecule has 0 aliphatic rings. The average molecular weight is 261 g/mol. The van der Waals surface area contributed by atoms with Crippen molar-refractivity contribution in [2.24, 2.45) is 13.0 Å². The number of pyridine rings is 1. The fourth-order valence-corrected chi connectivity index (χ4v) is 1.58. The Bertz CT molecular complexity index is 523. The van der Waals surface area contributed by atoms with E-state index in [-0.39, 0.29) is 0 Å². The highest BCUT2D eigenvalue weighted by molar-refractivity contribution is 5.25. The number of nitrogens with one attached hydrogen (secondary N) is 1. The largest absolute Gasteiger partial charge is 0.423 e. The van der Waals surface area contributed by atoms with Crippen molar-refractivity contribution >= 4 is 0 Å². The molecule has 1 N–H and O–H groups in total. The van der Waals surface area contributed by atoms with Crippen LogP contribution in [0.15, 0.2) is 24.7 Å². The van der Waals surface area contributed by atoms with E-state index in [1.54, 1.807) is 30.3 Å². The monoisotopic (exact) mass is 261 g/mol. The Morgan fingerprint density at radius 1 is 1.37 bits per heavy atom. The fraction of sp³-hybridized carbons (Fsp3) is 0.462. The Morgan fingerprint density at radius 3 is 2.89 bits per heavy atom. The van der Waals surface area contributed by atoms with Gasteiger partial charge in [0.15, 0.2) is 0 Å². The summed E-state index contributed by atoms with van der Waals surface area (Å²) >= 11 is 0. The van der Waals surface area contributed by atoms with E-state index in [2.05, 4.69) is 34.2 Å². The standard InChI is InChI=1S/C13H19N5O/c1-10(2)7-14-8-11-6-12(4-5-15-11)19-13-16-9-18(3)17-13/h4-6,9-10,14H,7-8H2,1-3H3. The smallest absolute Gasteiger partial charge is 0.340 e. The highest BCUT2D eigenvalue weighted by Gasteiger charge is 2.04. The SMILES string of the molecule is CC(C)CNCc1cc(Oc2ncn(C)n2)ccn1. The van der Waals surface area contributed by atoms with Gasteiger partial charge in [0.2, 0.25) is 0 Å². The van der Waals surface area contributed by atoms with Crippen molar-refractivity contribution in [1.29, 1.82) is 0 Å². The lowest BCUT2D eigenvalue weighted by Gasteiger charge is -2.07. The van der Waals surface area contributed by atoms with Crippen molar-refractivity contribution in [3.05, 3.63) is 30.4 Å². The zero-order chi connectivity index (χ0) is 13.7. The summed E-state index contributed by atoms with van der Waals surface area (Å²) in [7, 11) is 1.80. The zero-order valence-electron chi connectivity index (χ0n) is 11.5. The minimum absolute atomic E-state index is 0.342. The van der Waals surface area contributed by atoms with Crippen LogP contribution in [0, 0.1) is 5.92 Å². The molecule has 2 rings (SSSR count). The minimum Gasteiger partial charge on any atom is -0.423 e. The van der Waals surface area contributed by atoms with Crippen LogP contribution in [0.5, 0.6) is 11.8 Å². The first-order valence-corrected chi connectivity index (χ1v) is 6.32. The Hall–Kier alpha value is -1.95. The van der Waals surface area contributed by atoms with Gasteiger partial charge in [-0.1, -0.05) is 13.8 Å². The van der Waals surface area contributed by atoms with Gasteiger partial charge >= 0.3 is 6.01 Å². The van der Waals surface area contributed by atoms with E-state index < -0.39 is 0 Å². The summed E-state index contributed by atoms with van der Waals surface area (Å²) in [6.07, 6.45) is 3.33. The molecule has 0 saturated heterocycles. The van der Waals surface area contributed by atoms with Gasteiger partial charge in [-0.3, -0.25) is 9.67 Å². The maximum absolute atomic E-state index is 5.56. The molecule has 2 heterocycles. The second-order valence-electron chi connectivity index (χ2n) is 4.81. The molecule has 0 bridgehead atoms. The molecule has 6 nitrogen and oxygen atoms in total. The summed E-state index contributed by atoms with van der Waals surface area (Å²) in [6.45, 7) is 6.04. The number of aryl methyl sites for hydroxylation is 1. The predicted molar refractivity (Wildman–Crippen MR) is 71.9 cm³/mol. The van der Waals surface area contributed by atoms with Crippen LogP contribution < -0.4 is 10.1 Å². The van der Waals surface area contributed by atoms with E-state index in [1.165, 1.54) is 0 Å². The molecule has 0 saturated carbocycles. The van der Waals surface area contributed by atoms with E-state index in [4.69, 9.17) is 4.74 Å². The molecular formula is C13H19N5O. The van der Waals surface area contributed by atoms with E-state index in [0.29, 0.717) is 17.7 Å². The van der Waals surface area contributed by atoms with Crippen molar-refractivity contribution in [2.75, 3.05) is 6.54 Å². The van der Waals surface area contributed by atoms with Crippen molar-refractivity contribution in [2.45, 2.75) is 20.4 Å². The number of hydrogen-bond donors (Lipinski definition) is 1. The second-order valence-corrected chi connectivity index (χ2v) is 4.81. The van der Waals surface area contributed by atoms with Gasteiger partial charge in [0.25, 0.3) is 0 Å². The van der Waals surface area contributed by atoms with Crippen molar-refractivity contribution < 1.29 is 4.74 Å². The zero-order valence-corrected chi connectivity index (χ0v) is 11.5. The molecule has 6 heteroatoms. The molecule has 0 atom stereocenters. The summed E-state index contributed by atoms with van der Waals surface area (Å²) in [5.41, 5.74) is 0.939. The number of rotatable bonds is 6. The highest BCUT2D eigenvalue weighted by atomic mass is 16.5. The highest BCUT2D eigenvalue weighted by Crippen LogP contribution is 2.17. The van der Waals surface area contributed by atoms with E-state index in [9.17, 15) is 0 Å². The van der Waals surface area contributed by atoms with Crippen molar-refractivity contribution in [1.82, 2.24) is 25.1 Å². The third kappa shape index (κ3) is 4.33. The molecule has 0 amide bonds. The summed E-state index contributed by atoms with van der Waals surface area (Å²) in [5.74, 6) is 1.32. The van der Waals surface area contributed by atoms with Gasteiger partial charge in [-0.25, -0.2) is 0 Å². The minimum atomic E-state index is 0.342. The molecule has 0 aliphatic carbocycles.